The molecule has 7 nitrogen and oxygen atoms in total. The average Bonchev–Trinajstić information content (AvgIpc) is 3.51. The van der Waals surface area contributed by atoms with E-state index in [1.807, 2.05) is 48.5 Å². The van der Waals surface area contributed by atoms with Gasteiger partial charge < -0.3 is 19.9 Å². The minimum Gasteiger partial charge on any atom is -0.497 e. The second-order valence-corrected chi connectivity index (χ2v) is 14.5. The van der Waals surface area contributed by atoms with Gasteiger partial charge in [-0.05, 0) is 108 Å². The molecule has 0 radical (unpaired) electrons. The molecule has 0 spiro atoms. The molecule has 8 rings (SSSR count). The van der Waals surface area contributed by atoms with Crippen LogP contribution < -0.4 is 15.4 Å². The van der Waals surface area contributed by atoms with Crippen molar-refractivity contribution in [1.82, 2.24) is 20.2 Å². The number of carbonyl (C=O) groups excluding carboxylic acids is 2. The highest BCUT2D eigenvalue weighted by atomic mass is 35.5. The SMILES string of the molecule is COc1ccc(-c2ccc(Cl)cc2)c(-c2ccc3cc(-c4c(C5CCCCC5)c5ccc6cc5n4CC(=O)NCC/C=C\CCNC6=O)ccc3n2)c1. The minimum absolute atomic E-state index is 0.0432. The van der Waals surface area contributed by atoms with Crippen LogP contribution in [-0.4, -0.2) is 41.6 Å². The van der Waals surface area contributed by atoms with E-state index in [-0.39, 0.29) is 18.4 Å². The maximum atomic E-state index is 13.6. The summed E-state index contributed by atoms with van der Waals surface area (Å²) in [5.74, 6) is 0.970. The molecule has 2 aromatic heterocycles. The van der Waals surface area contributed by atoms with E-state index in [1.54, 1.807) is 7.11 Å². The van der Waals surface area contributed by atoms with E-state index < -0.39 is 0 Å². The van der Waals surface area contributed by atoms with Crippen LogP contribution in [-0.2, 0) is 11.3 Å². The summed E-state index contributed by atoms with van der Waals surface area (Å²) in [6, 6.07) is 30.5. The third kappa shape index (κ3) is 7.18. The molecule has 53 heavy (non-hydrogen) atoms. The van der Waals surface area contributed by atoms with Gasteiger partial charge in [-0.25, -0.2) is 4.98 Å². The number of aromatic nitrogens is 2. The van der Waals surface area contributed by atoms with Gasteiger partial charge in [0, 0.05) is 40.0 Å². The van der Waals surface area contributed by atoms with Crippen molar-refractivity contribution in [3.63, 3.8) is 0 Å². The zero-order chi connectivity index (χ0) is 36.3. The normalized spacial score (nSPS) is 16.6. The Kier molecular flexibility index (Phi) is 10.0. The van der Waals surface area contributed by atoms with Gasteiger partial charge in [-0.3, -0.25) is 9.59 Å². The Bertz CT molecular complexity index is 2350. The quantitative estimate of drug-likeness (QED) is 0.174. The van der Waals surface area contributed by atoms with Crippen molar-refractivity contribution in [2.75, 3.05) is 20.2 Å². The molecule has 2 N–H and O–H groups in total. The van der Waals surface area contributed by atoms with Gasteiger partial charge in [0.1, 0.15) is 12.3 Å². The predicted octanol–water partition coefficient (Wildman–Crippen LogP) is 10.1. The number of benzene rings is 4. The molecular formula is C45H43ClN4O3. The molecule has 1 aliphatic heterocycles. The van der Waals surface area contributed by atoms with E-state index in [9.17, 15) is 9.59 Å². The fourth-order valence-electron chi connectivity index (χ4n) is 8.06. The first-order chi connectivity index (χ1) is 26.0. The molecular weight excluding hydrogens is 680 g/mol. The van der Waals surface area contributed by atoms with Crippen LogP contribution >= 0.6 is 11.6 Å². The Morgan fingerprint density at radius 2 is 1.51 bits per heavy atom. The third-order valence-corrected chi connectivity index (χ3v) is 10.9. The standard InChI is InChI=1S/C45H43ClN4O3/c1-53-35-18-20-36(29-11-16-34(46)17-12-29)38(27-35)40-22-14-31-25-32(15-21-39(31)49-40)44-43(30-9-5-4-6-10-30)37-19-13-33-26-41(37)50(44)28-42(51)47-23-7-2-3-8-24-48-45(33)52/h2-3,11-22,25-27,30H,4-10,23-24,28H2,1H3,(H,47,51)(H,48,52)/b3-2-. The van der Waals surface area contributed by atoms with E-state index in [0.717, 1.165) is 86.9 Å². The first-order valence-corrected chi connectivity index (χ1v) is 19.1. The lowest BCUT2D eigenvalue weighted by molar-refractivity contribution is -0.121. The Morgan fingerprint density at radius 3 is 2.30 bits per heavy atom. The highest BCUT2D eigenvalue weighted by Crippen LogP contribution is 2.45. The number of fused-ring (bicyclic) bond motifs is 2. The maximum absolute atomic E-state index is 13.6. The number of amides is 2. The lowest BCUT2D eigenvalue weighted by atomic mass is 9.81. The largest absolute Gasteiger partial charge is 0.497 e. The van der Waals surface area contributed by atoms with Crippen molar-refractivity contribution in [1.29, 1.82) is 0 Å². The number of carbonyl (C=O) groups is 2. The van der Waals surface area contributed by atoms with Crippen molar-refractivity contribution >= 4 is 45.2 Å². The summed E-state index contributed by atoms with van der Waals surface area (Å²) in [4.78, 5) is 32.1. The van der Waals surface area contributed by atoms with Gasteiger partial charge >= 0.3 is 0 Å². The van der Waals surface area contributed by atoms with Crippen LogP contribution in [0.1, 0.15) is 66.8 Å². The van der Waals surface area contributed by atoms with Gasteiger partial charge in [-0.15, -0.1) is 0 Å². The van der Waals surface area contributed by atoms with Crippen LogP contribution in [0.25, 0.3) is 55.4 Å². The predicted molar refractivity (Wildman–Crippen MR) is 215 cm³/mol. The number of pyridine rings is 1. The van der Waals surface area contributed by atoms with Gasteiger partial charge in [0.2, 0.25) is 5.91 Å². The fourth-order valence-corrected chi connectivity index (χ4v) is 8.19. The summed E-state index contributed by atoms with van der Waals surface area (Å²) in [5, 5.41) is 9.02. The van der Waals surface area contributed by atoms with Crippen LogP contribution in [0, 0.1) is 0 Å². The Hall–Kier alpha value is -5.40. The zero-order valence-electron chi connectivity index (χ0n) is 30.0. The van der Waals surface area contributed by atoms with Gasteiger partial charge in [0.25, 0.3) is 5.91 Å². The molecule has 6 aromatic rings. The second-order valence-electron chi connectivity index (χ2n) is 14.1. The molecule has 1 fully saturated rings. The first kappa shape index (κ1) is 34.7. The molecule has 0 saturated heterocycles. The van der Waals surface area contributed by atoms with Crippen molar-refractivity contribution in [2.24, 2.45) is 0 Å². The molecule has 3 heterocycles. The monoisotopic (exact) mass is 722 g/mol. The number of nitrogens with one attached hydrogen (secondary N) is 2. The average molecular weight is 723 g/mol. The van der Waals surface area contributed by atoms with Gasteiger partial charge in [0.15, 0.2) is 0 Å². The van der Waals surface area contributed by atoms with Crippen LogP contribution in [0.3, 0.4) is 0 Å². The molecule has 4 aromatic carbocycles. The van der Waals surface area contributed by atoms with E-state index in [1.165, 1.54) is 24.8 Å². The highest BCUT2D eigenvalue weighted by molar-refractivity contribution is 6.30. The number of rotatable bonds is 5. The van der Waals surface area contributed by atoms with Crippen molar-refractivity contribution in [2.45, 2.75) is 57.4 Å². The molecule has 8 heteroatoms. The van der Waals surface area contributed by atoms with E-state index in [2.05, 4.69) is 69.8 Å². The number of halogens is 1. The number of methoxy groups -OCH3 is 1. The van der Waals surface area contributed by atoms with Crippen molar-refractivity contribution < 1.29 is 14.3 Å². The summed E-state index contributed by atoms with van der Waals surface area (Å²) >= 11 is 6.22. The lowest BCUT2D eigenvalue weighted by Gasteiger charge is -2.24. The summed E-state index contributed by atoms with van der Waals surface area (Å²) in [5.41, 5.74) is 9.63. The van der Waals surface area contributed by atoms with Crippen molar-refractivity contribution in [3.8, 4) is 39.4 Å². The summed E-state index contributed by atoms with van der Waals surface area (Å²) in [6.07, 6.45) is 11.4. The van der Waals surface area contributed by atoms with Gasteiger partial charge in [-0.1, -0.05) is 79.4 Å². The Labute approximate surface area is 315 Å². The molecule has 0 unspecified atom stereocenters. The first-order valence-electron chi connectivity index (χ1n) is 18.7. The number of hydrogen-bond acceptors (Lipinski definition) is 4. The van der Waals surface area contributed by atoms with Gasteiger partial charge in [-0.2, -0.15) is 0 Å². The lowest BCUT2D eigenvalue weighted by Crippen LogP contribution is -2.28. The minimum atomic E-state index is -0.101. The summed E-state index contributed by atoms with van der Waals surface area (Å²) in [6.45, 7) is 1.28. The summed E-state index contributed by atoms with van der Waals surface area (Å²) < 4.78 is 7.77. The highest BCUT2D eigenvalue weighted by Gasteiger charge is 2.28. The summed E-state index contributed by atoms with van der Waals surface area (Å²) in [7, 11) is 1.67. The van der Waals surface area contributed by atoms with Crippen LogP contribution in [0.5, 0.6) is 5.75 Å². The topological polar surface area (TPSA) is 85.2 Å². The van der Waals surface area contributed by atoms with E-state index in [0.29, 0.717) is 29.6 Å². The fraction of sp³-hybridized carbons (Fsp3) is 0.267. The second kappa shape index (κ2) is 15.3. The van der Waals surface area contributed by atoms with Crippen LogP contribution in [0.15, 0.2) is 103 Å². The molecule has 2 aliphatic rings. The van der Waals surface area contributed by atoms with E-state index >= 15 is 0 Å². The molecule has 2 amide bonds. The van der Waals surface area contributed by atoms with Gasteiger partial charge in [0.05, 0.1) is 29.5 Å². The van der Waals surface area contributed by atoms with E-state index in [4.69, 9.17) is 21.3 Å². The molecule has 2 bridgehead atoms. The molecule has 268 valence electrons. The van der Waals surface area contributed by atoms with Crippen molar-refractivity contribution in [3.05, 3.63) is 119 Å². The third-order valence-electron chi connectivity index (χ3n) is 10.7. The number of nitrogens with zero attached hydrogens (tertiary/aromatic N) is 2. The molecule has 0 atom stereocenters. The molecule has 1 aliphatic carbocycles. The number of hydrogen-bond donors (Lipinski definition) is 2. The number of ether oxygens (including phenoxy) is 1. The maximum Gasteiger partial charge on any atom is 0.251 e. The Balaban J connectivity index is 1.27. The smallest absolute Gasteiger partial charge is 0.251 e. The van der Waals surface area contributed by atoms with Crippen LogP contribution in [0.4, 0.5) is 0 Å². The Morgan fingerprint density at radius 1 is 0.755 bits per heavy atom. The molecule has 1 saturated carbocycles. The van der Waals surface area contributed by atoms with Crippen LogP contribution in [0.2, 0.25) is 5.02 Å². The zero-order valence-corrected chi connectivity index (χ0v) is 30.7.